The predicted octanol–water partition coefficient (Wildman–Crippen LogP) is 0.814. The van der Waals surface area contributed by atoms with Crippen LogP contribution < -0.4 is 10.1 Å². The van der Waals surface area contributed by atoms with E-state index < -0.39 is 41.8 Å². The van der Waals surface area contributed by atoms with Crippen molar-refractivity contribution in [2.75, 3.05) is 20.3 Å². The SMILES string of the molecule is COc1ccnc(C(=O)N[C@H]2COCC[C@@H](OC(=O)C(C)C)[C@H](C)OC2=O)c1O. The standard InChI is InChI=1S/C19H26N2O8/c1-10(2)18(24)29-13-6-8-27-9-12(19(25)28-11(13)3)21-17(23)15-16(22)14(26-4)5-7-20-15/h5,7,10-13,22H,6,8-9H2,1-4H3,(H,21,23)/t11-,12-,13+/m0/s1. The normalized spacial score (nSPS) is 22.7. The third-order valence-electron chi connectivity index (χ3n) is 4.31. The molecule has 29 heavy (non-hydrogen) atoms. The second-order valence-electron chi connectivity index (χ2n) is 6.87. The van der Waals surface area contributed by atoms with Crippen LogP contribution in [0.3, 0.4) is 0 Å². The van der Waals surface area contributed by atoms with Gasteiger partial charge in [0.2, 0.25) is 0 Å². The van der Waals surface area contributed by atoms with Crippen molar-refractivity contribution in [2.24, 2.45) is 5.92 Å². The maximum atomic E-state index is 12.5. The molecule has 2 heterocycles. The van der Waals surface area contributed by atoms with Gasteiger partial charge in [-0.3, -0.25) is 9.59 Å². The molecule has 10 heteroatoms. The summed E-state index contributed by atoms with van der Waals surface area (Å²) in [6, 6.07) is 0.265. The van der Waals surface area contributed by atoms with Gasteiger partial charge in [-0.05, 0) is 6.92 Å². The van der Waals surface area contributed by atoms with Gasteiger partial charge in [0.1, 0.15) is 12.2 Å². The monoisotopic (exact) mass is 410 g/mol. The number of ether oxygens (including phenoxy) is 4. The lowest BCUT2D eigenvalue weighted by Crippen LogP contribution is -2.46. The molecular formula is C19H26N2O8. The Bertz CT molecular complexity index is 752. The van der Waals surface area contributed by atoms with Crippen LogP contribution in [0, 0.1) is 5.92 Å². The summed E-state index contributed by atoms with van der Waals surface area (Å²) >= 11 is 0. The molecule has 0 radical (unpaired) electrons. The van der Waals surface area contributed by atoms with E-state index in [1.165, 1.54) is 19.4 Å². The van der Waals surface area contributed by atoms with Crippen LogP contribution in [0.25, 0.3) is 0 Å². The predicted molar refractivity (Wildman–Crippen MR) is 99.4 cm³/mol. The number of cyclic esters (lactones) is 1. The zero-order valence-corrected chi connectivity index (χ0v) is 16.8. The quantitative estimate of drug-likeness (QED) is 0.677. The summed E-state index contributed by atoms with van der Waals surface area (Å²) in [5.41, 5.74) is -0.297. The highest BCUT2D eigenvalue weighted by Crippen LogP contribution is 2.27. The number of amides is 1. The Kier molecular flexibility index (Phi) is 7.77. The van der Waals surface area contributed by atoms with Gasteiger partial charge in [0.25, 0.3) is 5.91 Å². The topological polar surface area (TPSA) is 133 Å². The highest BCUT2D eigenvalue weighted by Gasteiger charge is 2.32. The number of aromatic hydroxyl groups is 1. The molecule has 0 bridgehead atoms. The van der Waals surface area contributed by atoms with Gasteiger partial charge < -0.3 is 29.4 Å². The number of aromatic nitrogens is 1. The molecule has 0 aliphatic carbocycles. The summed E-state index contributed by atoms with van der Waals surface area (Å²) in [7, 11) is 1.34. The summed E-state index contributed by atoms with van der Waals surface area (Å²) < 4.78 is 21.2. The summed E-state index contributed by atoms with van der Waals surface area (Å²) in [6.45, 7) is 5.07. The minimum atomic E-state index is -1.13. The van der Waals surface area contributed by atoms with Crippen LogP contribution >= 0.6 is 0 Å². The van der Waals surface area contributed by atoms with Gasteiger partial charge in [-0.25, -0.2) is 9.78 Å². The lowest BCUT2D eigenvalue weighted by Gasteiger charge is -2.24. The van der Waals surface area contributed by atoms with Crippen LogP contribution in [0.5, 0.6) is 11.5 Å². The highest BCUT2D eigenvalue weighted by molar-refractivity contribution is 5.98. The van der Waals surface area contributed by atoms with Crippen LogP contribution in [-0.2, 0) is 23.8 Å². The summed E-state index contributed by atoms with van der Waals surface area (Å²) in [6.07, 6.45) is 0.245. The number of rotatable bonds is 5. The molecule has 1 aromatic rings. The minimum Gasteiger partial charge on any atom is -0.503 e. The Morgan fingerprint density at radius 3 is 2.76 bits per heavy atom. The van der Waals surface area contributed by atoms with E-state index in [0.29, 0.717) is 6.42 Å². The van der Waals surface area contributed by atoms with E-state index in [9.17, 15) is 19.5 Å². The van der Waals surface area contributed by atoms with Crippen molar-refractivity contribution in [3.63, 3.8) is 0 Å². The first-order chi connectivity index (χ1) is 13.7. The first-order valence-corrected chi connectivity index (χ1v) is 9.26. The third-order valence-corrected chi connectivity index (χ3v) is 4.31. The van der Waals surface area contributed by atoms with Crippen LogP contribution in [0.15, 0.2) is 12.3 Å². The lowest BCUT2D eigenvalue weighted by atomic mass is 10.1. The summed E-state index contributed by atoms with van der Waals surface area (Å²) in [4.78, 5) is 40.7. The van der Waals surface area contributed by atoms with Gasteiger partial charge in [0, 0.05) is 18.7 Å². The van der Waals surface area contributed by atoms with Gasteiger partial charge in [-0.1, -0.05) is 13.8 Å². The second kappa shape index (κ2) is 10.1. The molecule has 0 aromatic carbocycles. The Balaban J connectivity index is 2.08. The molecule has 1 amide bonds. The number of carbonyl (C=O) groups is 3. The molecule has 160 valence electrons. The first-order valence-electron chi connectivity index (χ1n) is 9.26. The molecule has 2 N–H and O–H groups in total. The molecule has 1 aliphatic heterocycles. The lowest BCUT2D eigenvalue weighted by molar-refractivity contribution is -0.169. The molecule has 1 saturated heterocycles. The number of esters is 2. The smallest absolute Gasteiger partial charge is 0.331 e. The van der Waals surface area contributed by atoms with Gasteiger partial charge >= 0.3 is 11.9 Å². The second-order valence-corrected chi connectivity index (χ2v) is 6.87. The fraction of sp³-hybridized carbons (Fsp3) is 0.579. The average molecular weight is 410 g/mol. The van der Waals surface area contributed by atoms with Crippen molar-refractivity contribution in [3.8, 4) is 11.5 Å². The number of methoxy groups -OCH3 is 1. The molecular weight excluding hydrogens is 384 g/mol. The van der Waals surface area contributed by atoms with Crippen LogP contribution in [0.2, 0.25) is 0 Å². The average Bonchev–Trinajstić information content (AvgIpc) is 2.73. The highest BCUT2D eigenvalue weighted by atomic mass is 16.6. The maximum absolute atomic E-state index is 12.5. The van der Waals surface area contributed by atoms with E-state index >= 15 is 0 Å². The number of carbonyl (C=O) groups excluding carboxylic acids is 3. The number of hydrogen-bond acceptors (Lipinski definition) is 9. The van der Waals surface area contributed by atoms with E-state index in [2.05, 4.69) is 10.3 Å². The van der Waals surface area contributed by atoms with Crippen molar-refractivity contribution in [1.29, 1.82) is 0 Å². The summed E-state index contributed by atoms with van der Waals surface area (Å²) in [5.74, 6) is -2.63. The fourth-order valence-corrected chi connectivity index (χ4v) is 2.58. The molecule has 0 spiro atoms. The Hall–Kier alpha value is -2.88. The maximum Gasteiger partial charge on any atom is 0.331 e. The van der Waals surface area contributed by atoms with E-state index in [-0.39, 0.29) is 30.6 Å². The zero-order chi connectivity index (χ0) is 21.6. The van der Waals surface area contributed by atoms with E-state index in [0.717, 1.165) is 0 Å². The fourth-order valence-electron chi connectivity index (χ4n) is 2.58. The number of nitrogens with one attached hydrogen (secondary N) is 1. The van der Waals surface area contributed by atoms with Gasteiger partial charge in [0.05, 0.1) is 26.2 Å². The number of nitrogens with zero attached hydrogens (tertiary/aromatic N) is 1. The van der Waals surface area contributed by atoms with Crippen LogP contribution in [0.4, 0.5) is 0 Å². The van der Waals surface area contributed by atoms with Crippen molar-refractivity contribution in [3.05, 3.63) is 18.0 Å². The van der Waals surface area contributed by atoms with Crippen molar-refractivity contribution >= 4 is 17.8 Å². The van der Waals surface area contributed by atoms with E-state index in [1.807, 2.05) is 0 Å². The van der Waals surface area contributed by atoms with E-state index in [4.69, 9.17) is 18.9 Å². The molecule has 1 aromatic heterocycles. The molecule has 0 unspecified atom stereocenters. The van der Waals surface area contributed by atoms with E-state index in [1.54, 1.807) is 20.8 Å². The molecule has 3 atom stereocenters. The van der Waals surface area contributed by atoms with Crippen molar-refractivity contribution < 1.29 is 38.4 Å². The van der Waals surface area contributed by atoms with Gasteiger partial charge in [0.15, 0.2) is 23.2 Å². The Morgan fingerprint density at radius 2 is 2.10 bits per heavy atom. The molecule has 2 rings (SSSR count). The Labute approximate surface area is 168 Å². The first kappa shape index (κ1) is 22.4. The molecule has 1 fully saturated rings. The summed E-state index contributed by atoms with van der Waals surface area (Å²) in [5, 5.41) is 12.5. The third kappa shape index (κ3) is 5.80. The van der Waals surface area contributed by atoms with Crippen LogP contribution in [-0.4, -0.2) is 66.5 Å². The molecule has 10 nitrogen and oxygen atoms in total. The number of pyridine rings is 1. The number of hydrogen-bond donors (Lipinski definition) is 2. The van der Waals surface area contributed by atoms with Gasteiger partial charge in [-0.15, -0.1) is 0 Å². The Morgan fingerprint density at radius 1 is 1.38 bits per heavy atom. The van der Waals surface area contributed by atoms with Gasteiger partial charge in [-0.2, -0.15) is 0 Å². The molecule has 1 aliphatic rings. The van der Waals surface area contributed by atoms with Crippen molar-refractivity contribution in [2.45, 2.75) is 45.4 Å². The minimum absolute atomic E-state index is 0.0712. The van der Waals surface area contributed by atoms with Crippen LogP contribution in [0.1, 0.15) is 37.7 Å². The zero-order valence-electron chi connectivity index (χ0n) is 16.8. The molecule has 0 saturated carbocycles. The van der Waals surface area contributed by atoms with Crippen molar-refractivity contribution in [1.82, 2.24) is 10.3 Å². The largest absolute Gasteiger partial charge is 0.503 e.